The molecule has 0 saturated carbocycles. The molecule has 20 heteroatoms. The molecule has 0 unspecified atom stereocenters. The summed E-state index contributed by atoms with van der Waals surface area (Å²) in [6, 6.07) is 2.78. The van der Waals surface area contributed by atoms with Crippen LogP contribution in [-0.4, -0.2) is 64.8 Å². The number of aromatic nitrogens is 1. The number of alkyl halides is 17. The van der Waals surface area contributed by atoms with Gasteiger partial charge in [0.1, 0.15) is 13.0 Å². The molecule has 1 heterocycles. The first-order valence-electron chi connectivity index (χ1n) is 8.70. The van der Waals surface area contributed by atoms with Crippen molar-refractivity contribution < 1.29 is 84.2 Å². The lowest BCUT2D eigenvalue weighted by molar-refractivity contribution is -0.461. The molecule has 0 aliphatic heterocycles. The summed E-state index contributed by atoms with van der Waals surface area (Å²) in [4.78, 5) is 11.2. The lowest BCUT2D eigenvalue weighted by Crippen LogP contribution is -2.74. The van der Waals surface area contributed by atoms with Crippen LogP contribution in [0.1, 0.15) is 6.42 Å². The maximum atomic E-state index is 13.7. The second kappa shape index (κ2) is 9.14. The van der Waals surface area contributed by atoms with E-state index < -0.39 is 66.6 Å². The Kier molecular flexibility index (Phi) is 8.02. The highest BCUT2D eigenvalue weighted by Crippen LogP contribution is 2.64. The molecule has 1 aromatic heterocycles. The summed E-state index contributed by atoms with van der Waals surface area (Å²) in [5, 5.41) is 0. The van der Waals surface area contributed by atoms with Gasteiger partial charge in [0.05, 0.1) is 6.54 Å². The van der Waals surface area contributed by atoms with E-state index >= 15 is 0 Å². The van der Waals surface area contributed by atoms with E-state index in [0.717, 1.165) is 0 Å². The molecule has 0 saturated heterocycles. The fraction of sp³-hybridized carbons (Fsp3) is 0.688. The Balaban J connectivity index is 3.28. The van der Waals surface area contributed by atoms with Gasteiger partial charge in [0.2, 0.25) is 0 Å². The monoisotopic (exact) mass is 571 g/mol. The Hall–Kier alpha value is -2.44. The predicted octanol–water partition coefficient (Wildman–Crippen LogP) is 6.43. The zero-order valence-electron chi connectivity index (χ0n) is 16.6. The first-order chi connectivity index (χ1) is 15.7. The summed E-state index contributed by atoms with van der Waals surface area (Å²) in [6.07, 6.45) is -8.49. The van der Waals surface area contributed by atoms with Gasteiger partial charge in [-0.1, -0.05) is 0 Å². The molecule has 0 radical (unpaired) electrons. The number of esters is 1. The maximum absolute atomic E-state index is 13.7. The van der Waals surface area contributed by atoms with Gasteiger partial charge in [-0.2, -0.15) is 74.6 Å². The van der Waals surface area contributed by atoms with Crippen molar-refractivity contribution in [3.05, 3.63) is 24.5 Å². The minimum Gasteiger partial charge on any atom is -0.464 e. The molecule has 210 valence electrons. The quantitative estimate of drug-likeness (QED) is 0.227. The van der Waals surface area contributed by atoms with Crippen molar-refractivity contribution >= 4 is 5.97 Å². The van der Waals surface area contributed by atoms with Crippen molar-refractivity contribution in [1.29, 1.82) is 0 Å². The van der Waals surface area contributed by atoms with E-state index in [1.165, 1.54) is 29.1 Å². The van der Waals surface area contributed by atoms with Gasteiger partial charge in [-0.25, -0.2) is 0 Å². The van der Waals surface area contributed by atoms with E-state index in [1.807, 2.05) is 0 Å². The number of nitrogens with zero attached hydrogens (tertiary/aromatic N) is 1. The zero-order valence-corrected chi connectivity index (χ0v) is 16.6. The first kappa shape index (κ1) is 31.6. The summed E-state index contributed by atoms with van der Waals surface area (Å²) in [6.45, 7) is -1.28. The van der Waals surface area contributed by atoms with Gasteiger partial charge in [-0.05, 0) is 12.1 Å². The molecule has 0 N–H and O–H groups in total. The third-order valence-corrected chi connectivity index (χ3v) is 4.43. The lowest BCUT2D eigenvalue weighted by Gasteiger charge is -2.42. The Morgan fingerprint density at radius 2 is 0.944 bits per heavy atom. The molecule has 0 aromatic carbocycles. The molecule has 0 aliphatic rings. The highest BCUT2D eigenvalue weighted by molar-refractivity contribution is 5.70. The lowest BCUT2D eigenvalue weighted by atomic mass is 9.88. The number of hydrogen-bond donors (Lipinski definition) is 0. The Morgan fingerprint density at radius 1 is 0.583 bits per heavy atom. The highest BCUT2D eigenvalue weighted by atomic mass is 19.4. The van der Waals surface area contributed by atoms with E-state index in [1.54, 1.807) is 0 Å². The summed E-state index contributed by atoms with van der Waals surface area (Å²) in [5.74, 6) is -59.9. The van der Waals surface area contributed by atoms with Gasteiger partial charge in [0.25, 0.3) is 0 Å². The number of ether oxygens (including phenoxy) is 1. The van der Waals surface area contributed by atoms with Crippen LogP contribution < -0.4 is 0 Å². The van der Waals surface area contributed by atoms with Crippen LogP contribution in [0.3, 0.4) is 0 Å². The SMILES string of the molecule is O=C(CC(F)(F)C(F)(F)C(F)(F)C(F)(F)C(F)(F)C(F)(F)C(F)(F)C(F)(F)F)OCCn1cccc1. The number of rotatable bonds is 11. The van der Waals surface area contributed by atoms with Gasteiger partial charge in [-0.15, -0.1) is 0 Å². The largest absolute Gasteiger partial charge is 0.464 e. The van der Waals surface area contributed by atoms with E-state index in [0.29, 0.717) is 0 Å². The van der Waals surface area contributed by atoms with Crippen molar-refractivity contribution in [2.24, 2.45) is 0 Å². The molecular weight excluding hydrogens is 561 g/mol. The van der Waals surface area contributed by atoms with Crippen LogP contribution in [0.2, 0.25) is 0 Å². The van der Waals surface area contributed by atoms with E-state index in [9.17, 15) is 79.4 Å². The van der Waals surface area contributed by atoms with Gasteiger partial charge in [0.15, 0.2) is 0 Å². The van der Waals surface area contributed by atoms with Crippen molar-refractivity contribution in [1.82, 2.24) is 4.57 Å². The fourth-order valence-electron chi connectivity index (χ4n) is 2.32. The van der Waals surface area contributed by atoms with E-state index in [4.69, 9.17) is 0 Å². The Labute approximate surface area is 187 Å². The zero-order chi connectivity index (χ0) is 28.8. The molecule has 36 heavy (non-hydrogen) atoms. The van der Waals surface area contributed by atoms with Gasteiger partial charge in [-0.3, -0.25) is 4.79 Å². The van der Waals surface area contributed by atoms with Crippen LogP contribution in [0.15, 0.2) is 24.5 Å². The normalized spacial score (nSPS) is 15.2. The molecule has 0 atom stereocenters. The van der Waals surface area contributed by atoms with Crippen LogP contribution in [0.5, 0.6) is 0 Å². The van der Waals surface area contributed by atoms with Crippen molar-refractivity contribution in [2.45, 2.75) is 60.6 Å². The summed E-state index contributed by atoms with van der Waals surface area (Å²) < 4.78 is 228. The average molecular weight is 571 g/mol. The second-order valence-corrected chi connectivity index (χ2v) is 6.97. The fourth-order valence-corrected chi connectivity index (χ4v) is 2.32. The second-order valence-electron chi connectivity index (χ2n) is 6.97. The molecule has 1 rings (SSSR count). The van der Waals surface area contributed by atoms with Crippen molar-refractivity contribution in [3.63, 3.8) is 0 Å². The summed E-state index contributed by atoms with van der Waals surface area (Å²) >= 11 is 0. The predicted molar refractivity (Wildman–Crippen MR) is 80.7 cm³/mol. The summed E-state index contributed by atoms with van der Waals surface area (Å²) in [5.41, 5.74) is 0. The average Bonchev–Trinajstić information content (AvgIpc) is 3.19. The van der Waals surface area contributed by atoms with Gasteiger partial charge >= 0.3 is 53.6 Å². The van der Waals surface area contributed by atoms with Gasteiger partial charge in [0, 0.05) is 12.4 Å². The maximum Gasteiger partial charge on any atom is 0.460 e. The van der Waals surface area contributed by atoms with E-state index in [2.05, 4.69) is 4.74 Å². The van der Waals surface area contributed by atoms with Crippen molar-refractivity contribution in [2.75, 3.05) is 6.61 Å². The van der Waals surface area contributed by atoms with Crippen LogP contribution in [0.25, 0.3) is 0 Å². The third kappa shape index (κ3) is 4.78. The molecule has 0 amide bonds. The molecule has 0 fully saturated rings. The highest BCUT2D eigenvalue weighted by Gasteiger charge is 2.95. The molecule has 0 spiro atoms. The summed E-state index contributed by atoms with van der Waals surface area (Å²) in [7, 11) is 0. The van der Waals surface area contributed by atoms with Gasteiger partial charge < -0.3 is 9.30 Å². The third-order valence-electron chi connectivity index (χ3n) is 4.43. The minimum absolute atomic E-state index is 0.357. The molecule has 3 nitrogen and oxygen atoms in total. The topological polar surface area (TPSA) is 31.2 Å². The molecular formula is C16H10F17NO2. The Bertz CT molecular complexity index is 904. The van der Waals surface area contributed by atoms with Crippen LogP contribution in [0, 0.1) is 0 Å². The standard InChI is InChI=1S/C16H10F17NO2/c17-9(18,7-8(35)36-6-5-34-3-1-2-4-34)10(19,20)11(21,22)12(23,24)13(25,26)14(27,28)15(29,30)16(31,32)33/h1-4H,5-7H2. The smallest absolute Gasteiger partial charge is 0.460 e. The van der Waals surface area contributed by atoms with Crippen LogP contribution in [-0.2, 0) is 16.1 Å². The number of carbonyl (C=O) groups excluding carboxylic acids is 1. The van der Waals surface area contributed by atoms with Crippen molar-refractivity contribution in [3.8, 4) is 0 Å². The number of carbonyl (C=O) groups is 1. The van der Waals surface area contributed by atoms with E-state index in [-0.39, 0.29) is 6.54 Å². The number of hydrogen-bond acceptors (Lipinski definition) is 2. The van der Waals surface area contributed by atoms with Crippen LogP contribution >= 0.6 is 0 Å². The minimum atomic E-state index is -8.71. The number of halogens is 17. The first-order valence-corrected chi connectivity index (χ1v) is 8.70. The molecule has 0 bridgehead atoms. The molecule has 1 aromatic rings. The Morgan fingerprint density at radius 3 is 1.33 bits per heavy atom. The van der Waals surface area contributed by atoms with Crippen LogP contribution in [0.4, 0.5) is 74.6 Å². The molecule has 0 aliphatic carbocycles.